The van der Waals surface area contributed by atoms with Crippen LogP contribution in [0.5, 0.6) is 5.75 Å². The number of hydrogen-bond acceptors (Lipinski definition) is 5. The van der Waals surface area contributed by atoms with Crippen LogP contribution in [0.1, 0.15) is 15.9 Å². The highest BCUT2D eigenvalue weighted by molar-refractivity contribution is 7.89. The van der Waals surface area contributed by atoms with Crippen molar-refractivity contribution >= 4 is 27.4 Å². The van der Waals surface area contributed by atoms with Gasteiger partial charge < -0.3 is 10.1 Å². The number of sulfonamides is 1. The zero-order valence-corrected chi connectivity index (χ0v) is 17.6. The molecule has 1 aliphatic heterocycles. The first kappa shape index (κ1) is 21.7. The molecule has 0 radical (unpaired) electrons. The molecule has 7 nitrogen and oxygen atoms in total. The second kappa shape index (κ2) is 8.89. The number of amides is 1. The predicted octanol–water partition coefficient (Wildman–Crippen LogP) is 3.23. The maximum Gasteiger partial charge on any atom is 0.262 e. The van der Waals surface area contributed by atoms with Gasteiger partial charge in [0.2, 0.25) is 10.0 Å². The van der Waals surface area contributed by atoms with Crippen LogP contribution in [-0.2, 0) is 21.4 Å². The molecule has 0 saturated heterocycles. The lowest BCUT2D eigenvalue weighted by Gasteiger charge is -2.23. The molecular weight excluding hydrogens is 435 g/mol. The summed E-state index contributed by atoms with van der Waals surface area (Å²) in [6.07, 6.45) is 0. The number of hydrogen-bond donors (Lipinski definition) is 1. The summed E-state index contributed by atoms with van der Waals surface area (Å²) in [7, 11) is -4.32. The van der Waals surface area contributed by atoms with Crippen LogP contribution < -0.4 is 10.1 Å². The number of nitrogens with zero attached hydrogens (tertiary/aromatic N) is 1. The van der Waals surface area contributed by atoms with E-state index in [0.29, 0.717) is 17.0 Å². The van der Waals surface area contributed by atoms with E-state index in [1.807, 2.05) is 0 Å². The van der Waals surface area contributed by atoms with Crippen molar-refractivity contribution in [2.24, 2.45) is 0 Å². The van der Waals surface area contributed by atoms with Gasteiger partial charge in [-0.15, -0.1) is 0 Å². The van der Waals surface area contributed by atoms with Crippen LogP contribution in [0.3, 0.4) is 0 Å². The van der Waals surface area contributed by atoms with E-state index < -0.39 is 33.1 Å². The molecule has 0 unspecified atom stereocenters. The lowest BCUT2D eigenvalue weighted by molar-refractivity contribution is -0.118. The Kier molecular flexibility index (Phi) is 6.02. The van der Waals surface area contributed by atoms with Crippen molar-refractivity contribution in [3.63, 3.8) is 0 Å². The number of halogens is 1. The number of ether oxygens (including phenoxy) is 1. The zero-order chi connectivity index (χ0) is 22.7. The number of anilines is 1. The second-order valence-electron chi connectivity index (χ2n) is 7.16. The highest BCUT2D eigenvalue weighted by Gasteiger charge is 2.30. The minimum atomic E-state index is -4.32. The molecule has 32 heavy (non-hydrogen) atoms. The van der Waals surface area contributed by atoms with Crippen LogP contribution in [0, 0.1) is 5.82 Å². The minimum Gasteiger partial charge on any atom is -0.482 e. The van der Waals surface area contributed by atoms with Crippen molar-refractivity contribution in [1.29, 1.82) is 0 Å². The summed E-state index contributed by atoms with van der Waals surface area (Å²) in [4.78, 5) is 24.1. The van der Waals surface area contributed by atoms with E-state index in [2.05, 4.69) is 5.32 Å². The second-order valence-corrected chi connectivity index (χ2v) is 9.07. The van der Waals surface area contributed by atoms with Gasteiger partial charge in [-0.05, 0) is 35.9 Å². The summed E-state index contributed by atoms with van der Waals surface area (Å²) >= 11 is 0. The number of ketones is 1. The van der Waals surface area contributed by atoms with Gasteiger partial charge in [0.25, 0.3) is 5.91 Å². The lowest BCUT2D eigenvalue weighted by Crippen LogP contribution is -2.36. The molecule has 3 aromatic carbocycles. The average molecular weight is 454 g/mol. The first-order valence-electron chi connectivity index (χ1n) is 9.73. The molecule has 9 heteroatoms. The Morgan fingerprint density at radius 3 is 2.50 bits per heavy atom. The molecule has 4 rings (SSSR count). The van der Waals surface area contributed by atoms with E-state index >= 15 is 0 Å². The van der Waals surface area contributed by atoms with Gasteiger partial charge in [-0.3, -0.25) is 9.59 Å². The first-order chi connectivity index (χ1) is 15.3. The van der Waals surface area contributed by atoms with Gasteiger partial charge >= 0.3 is 0 Å². The Bertz CT molecular complexity index is 1280. The topological polar surface area (TPSA) is 92.8 Å². The molecular formula is C23H19FN2O5S. The van der Waals surface area contributed by atoms with E-state index in [9.17, 15) is 22.4 Å². The fourth-order valence-corrected chi connectivity index (χ4v) is 4.76. The van der Waals surface area contributed by atoms with Gasteiger partial charge in [-0.1, -0.05) is 42.5 Å². The number of rotatable bonds is 7. The number of benzene rings is 3. The van der Waals surface area contributed by atoms with Crippen molar-refractivity contribution in [3.8, 4) is 5.75 Å². The van der Waals surface area contributed by atoms with Crippen LogP contribution in [0.25, 0.3) is 0 Å². The van der Waals surface area contributed by atoms with Gasteiger partial charge in [-0.25, -0.2) is 12.8 Å². The molecule has 1 heterocycles. The Morgan fingerprint density at radius 1 is 1.03 bits per heavy atom. The van der Waals surface area contributed by atoms with Crippen molar-refractivity contribution in [1.82, 2.24) is 4.31 Å². The Hall–Kier alpha value is -3.56. The first-order valence-corrected chi connectivity index (χ1v) is 11.2. The monoisotopic (exact) mass is 454 g/mol. The van der Waals surface area contributed by atoms with Crippen molar-refractivity contribution < 1.29 is 27.1 Å². The van der Waals surface area contributed by atoms with Crippen molar-refractivity contribution in [2.75, 3.05) is 18.5 Å². The van der Waals surface area contributed by atoms with Crippen LogP contribution >= 0.6 is 0 Å². The van der Waals surface area contributed by atoms with Crippen LogP contribution in [0.2, 0.25) is 0 Å². The van der Waals surface area contributed by atoms with Crippen LogP contribution in [0.15, 0.2) is 77.7 Å². The molecule has 0 atom stereocenters. The van der Waals surface area contributed by atoms with Crippen molar-refractivity contribution in [3.05, 3.63) is 89.7 Å². The number of carbonyl (C=O) groups excluding carboxylic acids is 2. The highest BCUT2D eigenvalue weighted by Crippen LogP contribution is 2.29. The minimum absolute atomic E-state index is 0.117. The Morgan fingerprint density at radius 2 is 1.75 bits per heavy atom. The van der Waals surface area contributed by atoms with Crippen molar-refractivity contribution in [2.45, 2.75) is 11.4 Å². The molecule has 0 fully saturated rings. The van der Waals surface area contributed by atoms with Gasteiger partial charge in [-0.2, -0.15) is 4.31 Å². The van der Waals surface area contributed by atoms with Crippen LogP contribution in [-0.4, -0.2) is 37.6 Å². The molecule has 164 valence electrons. The molecule has 3 aromatic rings. The number of carbonyl (C=O) groups is 2. The number of Topliss-reactive ketones (excluding diaryl/α,β-unsaturated/α-hetero) is 1. The zero-order valence-electron chi connectivity index (χ0n) is 16.8. The molecule has 1 amide bonds. The van der Waals surface area contributed by atoms with E-state index in [4.69, 9.17) is 4.74 Å². The van der Waals surface area contributed by atoms with Crippen LogP contribution in [0.4, 0.5) is 10.1 Å². The smallest absolute Gasteiger partial charge is 0.262 e. The lowest BCUT2D eigenvalue weighted by atomic mass is 10.1. The molecule has 0 bridgehead atoms. The highest BCUT2D eigenvalue weighted by atomic mass is 32.2. The van der Waals surface area contributed by atoms with Gasteiger partial charge in [0.15, 0.2) is 12.4 Å². The molecule has 0 aromatic heterocycles. The van der Waals surface area contributed by atoms with E-state index in [1.54, 1.807) is 30.3 Å². The molecule has 0 aliphatic carbocycles. The third-order valence-corrected chi connectivity index (χ3v) is 6.74. The molecule has 0 saturated carbocycles. The SMILES string of the molecule is O=C1COc2ccc(C(=O)CN(Cc3ccccc3)S(=O)(=O)c3ccccc3F)cc2N1. The standard InChI is InChI=1S/C23H19FN2O5S/c24-18-8-4-5-9-22(18)32(29,30)26(13-16-6-2-1-3-7-16)14-20(27)17-10-11-21-19(12-17)25-23(28)15-31-21/h1-12H,13-15H2,(H,25,28). The van der Waals surface area contributed by atoms with Gasteiger partial charge in [0.1, 0.15) is 16.5 Å². The summed E-state index contributed by atoms with van der Waals surface area (Å²) in [6, 6.07) is 18.2. The Labute approximate surface area is 184 Å². The summed E-state index contributed by atoms with van der Waals surface area (Å²) in [5.74, 6) is -1.34. The molecule has 1 aliphatic rings. The fourth-order valence-electron chi connectivity index (χ4n) is 3.31. The largest absolute Gasteiger partial charge is 0.482 e. The quantitative estimate of drug-likeness (QED) is 0.554. The van der Waals surface area contributed by atoms with Gasteiger partial charge in [0.05, 0.1) is 12.2 Å². The summed E-state index contributed by atoms with van der Waals surface area (Å²) in [5.41, 5.74) is 1.17. The Balaban J connectivity index is 1.66. The number of fused-ring (bicyclic) bond motifs is 1. The maximum atomic E-state index is 14.3. The molecule has 1 N–H and O–H groups in total. The normalized spacial score (nSPS) is 13.2. The summed E-state index contributed by atoms with van der Waals surface area (Å²) in [6.45, 7) is -0.751. The van der Waals surface area contributed by atoms with E-state index in [-0.39, 0.29) is 24.6 Å². The third-order valence-electron chi connectivity index (χ3n) is 4.91. The summed E-state index contributed by atoms with van der Waals surface area (Å²) in [5, 5.41) is 2.61. The number of nitrogens with one attached hydrogen (secondary N) is 1. The summed E-state index contributed by atoms with van der Waals surface area (Å²) < 4.78 is 47.1. The maximum absolute atomic E-state index is 14.3. The fraction of sp³-hybridized carbons (Fsp3) is 0.130. The van der Waals surface area contributed by atoms with Gasteiger partial charge in [0, 0.05) is 12.1 Å². The average Bonchev–Trinajstić information content (AvgIpc) is 2.79. The third kappa shape index (κ3) is 4.53. The van der Waals surface area contributed by atoms with E-state index in [1.165, 1.54) is 36.4 Å². The molecule has 0 spiro atoms. The van der Waals surface area contributed by atoms with E-state index in [0.717, 1.165) is 10.4 Å². The predicted molar refractivity (Wildman–Crippen MR) is 115 cm³/mol.